The molecule has 0 amide bonds. The fraction of sp³-hybridized carbons (Fsp3) is 0.778. The van der Waals surface area contributed by atoms with E-state index in [1.807, 2.05) is 0 Å². The first-order chi connectivity index (χ1) is 8.07. The van der Waals surface area contributed by atoms with Crippen LogP contribution >= 0.6 is 7.82 Å². The van der Waals surface area contributed by atoms with Crippen molar-refractivity contribution < 1.29 is 28.0 Å². The molecule has 0 aliphatic carbocycles. The minimum absolute atomic E-state index is 0.0126. The van der Waals surface area contributed by atoms with E-state index in [1.54, 1.807) is 0 Å². The summed E-state index contributed by atoms with van der Waals surface area (Å²) in [5, 5.41) is 0. The second-order valence-electron chi connectivity index (χ2n) is 3.47. The fourth-order valence-electron chi connectivity index (χ4n) is 1.37. The molecule has 3 unspecified atom stereocenters. The lowest BCUT2D eigenvalue weighted by molar-refractivity contribution is -0.106. The van der Waals surface area contributed by atoms with E-state index in [2.05, 4.69) is 9.52 Å². The first-order valence-corrected chi connectivity index (χ1v) is 6.70. The van der Waals surface area contributed by atoms with Crippen molar-refractivity contribution in [1.82, 2.24) is 0 Å². The first kappa shape index (κ1) is 14.5. The van der Waals surface area contributed by atoms with Gasteiger partial charge in [0, 0.05) is 19.7 Å². The van der Waals surface area contributed by atoms with E-state index >= 15 is 0 Å². The van der Waals surface area contributed by atoms with Gasteiger partial charge >= 0.3 is 7.82 Å². The van der Waals surface area contributed by atoms with Gasteiger partial charge in [0.05, 0.1) is 12.7 Å². The van der Waals surface area contributed by atoms with E-state index in [0.29, 0.717) is 12.8 Å². The molecule has 0 saturated carbocycles. The van der Waals surface area contributed by atoms with Crippen molar-refractivity contribution in [3.63, 3.8) is 0 Å². The quantitative estimate of drug-likeness (QED) is 0.418. The molecule has 1 aliphatic rings. The number of aliphatic imine (C=N–C) groups is 1. The Morgan fingerprint density at radius 2 is 2.35 bits per heavy atom. The summed E-state index contributed by atoms with van der Waals surface area (Å²) in [6.07, 6.45) is 3.32. The van der Waals surface area contributed by atoms with Crippen molar-refractivity contribution in [2.45, 2.75) is 31.6 Å². The molecule has 3 atom stereocenters. The topological polar surface area (TPSA) is 94.4 Å². The standard InChI is InChI=1S/C9H16NO6P/c1-14-17(12,13)15-7-8-3-4-9(16-8)10-5-2-6-11/h5-6,8-9H,2-4,7H2,1H3,(H,12,13). The number of hydrogen-bond donors (Lipinski definition) is 1. The monoisotopic (exact) mass is 265 g/mol. The summed E-state index contributed by atoms with van der Waals surface area (Å²) in [5.74, 6) is 0. The van der Waals surface area contributed by atoms with Gasteiger partial charge in [-0.1, -0.05) is 0 Å². The highest BCUT2D eigenvalue weighted by Crippen LogP contribution is 2.42. The lowest BCUT2D eigenvalue weighted by Gasteiger charge is -2.13. The number of hydrogen-bond acceptors (Lipinski definition) is 6. The Labute approximate surface area is 99.4 Å². The van der Waals surface area contributed by atoms with Crippen LogP contribution in [0, 0.1) is 0 Å². The van der Waals surface area contributed by atoms with Crippen LogP contribution < -0.4 is 0 Å². The Morgan fingerprint density at radius 3 is 3.00 bits per heavy atom. The molecule has 0 aromatic carbocycles. The molecule has 17 heavy (non-hydrogen) atoms. The molecule has 1 fully saturated rings. The second kappa shape index (κ2) is 6.98. The Kier molecular flexibility index (Phi) is 5.94. The molecule has 0 spiro atoms. The molecule has 1 aliphatic heterocycles. The normalized spacial score (nSPS) is 28.4. The predicted octanol–water partition coefficient (Wildman–Crippen LogP) is 0.915. The highest BCUT2D eigenvalue weighted by atomic mass is 31.2. The third kappa shape index (κ3) is 5.52. The number of carbonyl (C=O) groups excluding carboxylic acids is 1. The van der Waals surface area contributed by atoms with Crippen molar-refractivity contribution in [3.8, 4) is 0 Å². The van der Waals surface area contributed by atoms with Gasteiger partial charge in [-0.25, -0.2) is 4.57 Å². The number of rotatable bonds is 7. The van der Waals surface area contributed by atoms with Crippen molar-refractivity contribution in [2.75, 3.05) is 13.7 Å². The largest absolute Gasteiger partial charge is 0.472 e. The summed E-state index contributed by atoms with van der Waals surface area (Å²) < 4.78 is 25.4. The van der Waals surface area contributed by atoms with Crippen LogP contribution in [-0.4, -0.2) is 43.4 Å². The third-order valence-electron chi connectivity index (χ3n) is 2.21. The van der Waals surface area contributed by atoms with Crippen LogP contribution in [0.3, 0.4) is 0 Å². The van der Waals surface area contributed by atoms with Gasteiger partial charge in [-0.2, -0.15) is 0 Å². The van der Waals surface area contributed by atoms with E-state index in [9.17, 15) is 9.36 Å². The number of phosphoric ester groups is 1. The molecule has 1 heterocycles. The van der Waals surface area contributed by atoms with Crippen molar-refractivity contribution in [3.05, 3.63) is 0 Å². The maximum absolute atomic E-state index is 11.0. The van der Waals surface area contributed by atoms with Crippen LogP contribution in [0.2, 0.25) is 0 Å². The van der Waals surface area contributed by atoms with E-state index in [1.165, 1.54) is 6.21 Å². The molecule has 7 nitrogen and oxygen atoms in total. The number of aldehydes is 1. The zero-order valence-corrected chi connectivity index (χ0v) is 10.4. The third-order valence-corrected chi connectivity index (χ3v) is 3.15. The van der Waals surface area contributed by atoms with Crippen molar-refractivity contribution >= 4 is 20.3 Å². The molecule has 0 aromatic rings. The summed E-state index contributed by atoms with van der Waals surface area (Å²) in [7, 11) is -2.84. The summed E-state index contributed by atoms with van der Waals surface area (Å²) in [5.41, 5.74) is 0. The van der Waals surface area contributed by atoms with E-state index in [0.717, 1.165) is 13.4 Å². The smallest absolute Gasteiger partial charge is 0.351 e. The maximum Gasteiger partial charge on any atom is 0.472 e. The minimum Gasteiger partial charge on any atom is -0.351 e. The first-order valence-electron chi connectivity index (χ1n) is 5.21. The summed E-state index contributed by atoms with van der Waals surface area (Å²) in [4.78, 5) is 23.1. The van der Waals surface area contributed by atoms with E-state index in [4.69, 9.17) is 14.2 Å². The van der Waals surface area contributed by atoms with Gasteiger partial charge in [0.15, 0.2) is 0 Å². The molecular formula is C9H16NO6P. The van der Waals surface area contributed by atoms with Crippen LogP contribution in [0.25, 0.3) is 0 Å². The lowest BCUT2D eigenvalue weighted by atomic mass is 10.2. The van der Waals surface area contributed by atoms with Crippen LogP contribution in [0.5, 0.6) is 0 Å². The van der Waals surface area contributed by atoms with Crippen LogP contribution in [0.15, 0.2) is 4.99 Å². The molecule has 0 bridgehead atoms. The van der Waals surface area contributed by atoms with Crippen LogP contribution in [-0.2, 0) is 23.1 Å². The minimum atomic E-state index is -3.94. The zero-order chi connectivity index (χ0) is 12.7. The molecule has 1 rings (SSSR count). The van der Waals surface area contributed by atoms with Crippen LogP contribution in [0.4, 0.5) is 0 Å². The average molecular weight is 265 g/mol. The fourth-order valence-corrected chi connectivity index (χ4v) is 1.83. The summed E-state index contributed by atoms with van der Waals surface area (Å²) in [6, 6.07) is 0. The summed E-state index contributed by atoms with van der Waals surface area (Å²) in [6.45, 7) is -0.0126. The van der Waals surface area contributed by atoms with Crippen molar-refractivity contribution in [1.29, 1.82) is 0 Å². The number of ether oxygens (including phenoxy) is 1. The zero-order valence-electron chi connectivity index (χ0n) is 9.52. The Balaban J connectivity index is 2.26. The van der Waals surface area contributed by atoms with Gasteiger partial charge in [0.25, 0.3) is 0 Å². The van der Waals surface area contributed by atoms with E-state index < -0.39 is 7.82 Å². The highest BCUT2D eigenvalue weighted by molar-refractivity contribution is 7.47. The Bertz CT molecular complexity index is 321. The second-order valence-corrected chi connectivity index (χ2v) is 5.03. The molecule has 0 radical (unpaired) electrons. The molecule has 0 aromatic heterocycles. The van der Waals surface area contributed by atoms with Crippen molar-refractivity contribution in [2.24, 2.45) is 4.99 Å². The molecular weight excluding hydrogens is 249 g/mol. The molecule has 1 saturated heterocycles. The molecule has 1 N–H and O–H groups in total. The average Bonchev–Trinajstić information content (AvgIpc) is 2.75. The predicted molar refractivity (Wildman–Crippen MR) is 59.9 cm³/mol. The molecule has 8 heteroatoms. The van der Waals surface area contributed by atoms with Crippen LogP contribution in [0.1, 0.15) is 19.3 Å². The van der Waals surface area contributed by atoms with Gasteiger partial charge < -0.3 is 14.4 Å². The van der Waals surface area contributed by atoms with Gasteiger partial charge in [-0.3, -0.25) is 14.0 Å². The highest BCUT2D eigenvalue weighted by Gasteiger charge is 2.28. The van der Waals surface area contributed by atoms with Gasteiger partial charge in [0.1, 0.15) is 12.5 Å². The van der Waals surface area contributed by atoms with E-state index in [-0.39, 0.29) is 25.4 Å². The van der Waals surface area contributed by atoms with Gasteiger partial charge in [-0.05, 0) is 12.8 Å². The van der Waals surface area contributed by atoms with Gasteiger partial charge in [0.2, 0.25) is 0 Å². The van der Waals surface area contributed by atoms with Gasteiger partial charge in [-0.15, -0.1) is 0 Å². The lowest BCUT2D eigenvalue weighted by Crippen LogP contribution is -2.15. The SMILES string of the molecule is COP(=O)(O)OCC1CCC(N=CCC=O)O1. The Hall–Kier alpha value is -0.590. The Morgan fingerprint density at radius 1 is 1.59 bits per heavy atom. The number of phosphoric acid groups is 1. The summed E-state index contributed by atoms with van der Waals surface area (Å²) >= 11 is 0. The maximum atomic E-state index is 11.0. The number of nitrogens with zero attached hydrogens (tertiary/aromatic N) is 1. The molecule has 98 valence electrons. The number of carbonyl (C=O) groups is 1.